The van der Waals surface area contributed by atoms with Crippen molar-refractivity contribution in [3.63, 3.8) is 0 Å². The fraction of sp³-hybridized carbons (Fsp3) is 0.0870. The molecule has 5 rings (SSSR count). The number of aromatic nitrogens is 1. The van der Waals surface area contributed by atoms with E-state index in [1.54, 1.807) is 23.7 Å². The summed E-state index contributed by atoms with van der Waals surface area (Å²) in [7, 11) is 0. The highest BCUT2D eigenvalue weighted by Gasteiger charge is 2.15. The molecule has 4 aromatic rings. The summed E-state index contributed by atoms with van der Waals surface area (Å²) >= 11 is 4.70. The molecule has 0 saturated heterocycles. The summed E-state index contributed by atoms with van der Waals surface area (Å²) in [6.45, 7) is 1.02. The second kappa shape index (κ2) is 8.49. The van der Waals surface area contributed by atoms with E-state index in [1.807, 2.05) is 30.3 Å². The van der Waals surface area contributed by atoms with Crippen LogP contribution in [-0.2, 0) is 0 Å². The number of rotatable bonds is 4. The summed E-state index contributed by atoms with van der Waals surface area (Å²) < 4.78 is 17.4. The van der Waals surface area contributed by atoms with Crippen molar-refractivity contribution in [3.8, 4) is 28.8 Å². The Bertz CT molecular complexity index is 1470. The summed E-state index contributed by atoms with van der Waals surface area (Å²) in [5, 5.41) is 15.7. The van der Waals surface area contributed by atoms with E-state index in [4.69, 9.17) is 13.9 Å². The van der Waals surface area contributed by atoms with Gasteiger partial charge in [0, 0.05) is 33.2 Å². The molecular weight excluding hydrogens is 494 g/mol. The van der Waals surface area contributed by atoms with Crippen LogP contribution < -0.4 is 20.4 Å². The lowest BCUT2D eigenvalue weighted by Gasteiger charge is -2.18. The second-order valence-electron chi connectivity index (χ2n) is 6.84. The second-order valence-corrected chi connectivity index (χ2v) is 8.61. The first kappa shape index (κ1) is 20.3. The van der Waals surface area contributed by atoms with Crippen molar-refractivity contribution in [1.82, 2.24) is 4.98 Å². The lowest BCUT2D eigenvalue weighted by atomic mass is 10.1. The van der Waals surface area contributed by atoms with E-state index < -0.39 is 5.63 Å². The molecule has 2 aromatic carbocycles. The Balaban J connectivity index is 1.43. The smallest absolute Gasteiger partial charge is 0.345 e. The van der Waals surface area contributed by atoms with Crippen LogP contribution in [0.25, 0.3) is 27.8 Å². The number of fused-ring (bicyclic) bond motifs is 2. The standard InChI is InChI=1S/C23H14BrN3O4S/c24-15-1-3-19-13(7-15)8-17(23(28)31-19)18-12-32-22(27-18)14(10-25)11-26-16-2-4-20-21(9-16)30-6-5-29-20/h1-4,7-9,11-12,26H,5-6H2/b14-11+. The van der Waals surface area contributed by atoms with Crippen molar-refractivity contribution in [2.75, 3.05) is 18.5 Å². The molecule has 0 saturated carbocycles. The molecular formula is C23H14BrN3O4S. The Morgan fingerprint density at radius 2 is 2.00 bits per heavy atom. The van der Waals surface area contributed by atoms with Crippen LogP contribution in [0.1, 0.15) is 5.01 Å². The predicted molar refractivity (Wildman–Crippen MR) is 126 cm³/mol. The summed E-state index contributed by atoms with van der Waals surface area (Å²) in [5.41, 5.74) is 1.91. The van der Waals surface area contributed by atoms with E-state index in [1.165, 1.54) is 11.3 Å². The molecule has 0 bridgehead atoms. The zero-order chi connectivity index (χ0) is 22.1. The minimum atomic E-state index is -0.478. The van der Waals surface area contributed by atoms with E-state index in [-0.39, 0.29) is 0 Å². The largest absolute Gasteiger partial charge is 0.486 e. The van der Waals surface area contributed by atoms with E-state index in [9.17, 15) is 10.1 Å². The van der Waals surface area contributed by atoms with Gasteiger partial charge in [0.05, 0.1) is 11.3 Å². The molecule has 0 atom stereocenters. The Kier molecular flexibility index (Phi) is 5.39. The van der Waals surface area contributed by atoms with Crippen LogP contribution in [0.15, 0.2) is 67.7 Å². The Morgan fingerprint density at radius 1 is 1.16 bits per heavy atom. The summed E-state index contributed by atoms with van der Waals surface area (Å²) in [5.74, 6) is 1.34. The molecule has 0 amide bonds. The van der Waals surface area contributed by atoms with Crippen molar-refractivity contribution in [2.45, 2.75) is 0 Å². The number of hydrogen-bond acceptors (Lipinski definition) is 8. The SMILES string of the molecule is N#C/C(=C\Nc1ccc2c(c1)OCCO2)c1nc(-c2cc3cc(Br)ccc3oc2=O)cs1. The van der Waals surface area contributed by atoms with Gasteiger partial charge < -0.3 is 19.2 Å². The minimum Gasteiger partial charge on any atom is -0.486 e. The number of ether oxygens (including phenoxy) is 2. The third kappa shape index (κ3) is 3.98. The van der Waals surface area contributed by atoms with Gasteiger partial charge in [-0.2, -0.15) is 5.26 Å². The molecule has 3 heterocycles. The van der Waals surface area contributed by atoms with Crippen molar-refractivity contribution in [3.05, 3.63) is 73.9 Å². The fourth-order valence-corrected chi connectivity index (χ4v) is 4.39. The number of allylic oxidation sites excluding steroid dienone is 1. The lowest BCUT2D eigenvalue weighted by Crippen LogP contribution is -2.15. The first-order valence-corrected chi connectivity index (χ1v) is 11.2. The molecule has 0 aliphatic carbocycles. The van der Waals surface area contributed by atoms with Gasteiger partial charge in [-0.15, -0.1) is 11.3 Å². The number of nitrogens with zero attached hydrogens (tertiary/aromatic N) is 2. The van der Waals surface area contributed by atoms with Crippen molar-refractivity contribution in [2.24, 2.45) is 0 Å². The van der Waals surface area contributed by atoms with Crippen LogP contribution in [0.5, 0.6) is 11.5 Å². The molecule has 32 heavy (non-hydrogen) atoms. The minimum absolute atomic E-state index is 0.337. The fourth-order valence-electron chi connectivity index (χ4n) is 3.22. The molecule has 0 radical (unpaired) electrons. The number of nitriles is 1. The van der Waals surface area contributed by atoms with Gasteiger partial charge >= 0.3 is 5.63 Å². The molecule has 0 fully saturated rings. The number of hydrogen-bond donors (Lipinski definition) is 1. The van der Waals surface area contributed by atoms with Gasteiger partial charge in [0.25, 0.3) is 0 Å². The summed E-state index contributed by atoms with van der Waals surface area (Å²) in [4.78, 5) is 17.0. The van der Waals surface area contributed by atoms with Gasteiger partial charge in [0.15, 0.2) is 11.5 Å². The predicted octanol–water partition coefficient (Wildman–Crippen LogP) is 5.43. The van der Waals surface area contributed by atoms with Crippen LogP contribution in [0.2, 0.25) is 0 Å². The number of benzene rings is 2. The lowest BCUT2D eigenvalue weighted by molar-refractivity contribution is 0.171. The number of anilines is 1. The van der Waals surface area contributed by atoms with Gasteiger partial charge in [-0.25, -0.2) is 9.78 Å². The molecule has 158 valence electrons. The third-order valence-corrected chi connectivity index (χ3v) is 6.12. The van der Waals surface area contributed by atoms with Crippen LogP contribution in [0.4, 0.5) is 5.69 Å². The van der Waals surface area contributed by atoms with Gasteiger partial charge in [-0.05, 0) is 36.4 Å². The monoisotopic (exact) mass is 507 g/mol. The Hall–Kier alpha value is -3.61. The normalized spacial score (nSPS) is 13.1. The van der Waals surface area contributed by atoms with Gasteiger partial charge in [-0.3, -0.25) is 0 Å². The molecule has 7 nitrogen and oxygen atoms in total. The highest BCUT2D eigenvalue weighted by Crippen LogP contribution is 2.33. The highest BCUT2D eigenvalue weighted by molar-refractivity contribution is 9.10. The van der Waals surface area contributed by atoms with Crippen LogP contribution in [0.3, 0.4) is 0 Å². The van der Waals surface area contributed by atoms with Crippen LogP contribution in [0, 0.1) is 11.3 Å². The average Bonchev–Trinajstić information content (AvgIpc) is 3.29. The van der Waals surface area contributed by atoms with Gasteiger partial charge in [0.2, 0.25) is 0 Å². The molecule has 1 aliphatic rings. The maximum absolute atomic E-state index is 12.5. The third-order valence-electron chi connectivity index (χ3n) is 4.75. The van der Waals surface area contributed by atoms with Crippen molar-refractivity contribution >= 4 is 49.5 Å². The van der Waals surface area contributed by atoms with Crippen LogP contribution in [-0.4, -0.2) is 18.2 Å². The maximum atomic E-state index is 12.5. The van der Waals surface area contributed by atoms with E-state index in [2.05, 4.69) is 32.3 Å². The molecule has 1 N–H and O–H groups in total. The topological polar surface area (TPSA) is 97.4 Å². The molecule has 2 aromatic heterocycles. The molecule has 9 heteroatoms. The van der Waals surface area contributed by atoms with Crippen LogP contribution >= 0.6 is 27.3 Å². The average molecular weight is 508 g/mol. The van der Waals surface area contributed by atoms with E-state index in [0.29, 0.717) is 52.1 Å². The van der Waals surface area contributed by atoms with Crippen molar-refractivity contribution < 1.29 is 13.9 Å². The maximum Gasteiger partial charge on any atom is 0.345 e. The number of halogens is 1. The van der Waals surface area contributed by atoms with E-state index >= 15 is 0 Å². The molecule has 0 spiro atoms. The molecule has 0 unspecified atom stereocenters. The number of nitrogens with one attached hydrogen (secondary N) is 1. The quantitative estimate of drug-likeness (QED) is 0.290. The Morgan fingerprint density at radius 3 is 2.84 bits per heavy atom. The Labute approximate surface area is 194 Å². The highest BCUT2D eigenvalue weighted by atomic mass is 79.9. The zero-order valence-corrected chi connectivity index (χ0v) is 18.8. The van der Waals surface area contributed by atoms with Gasteiger partial charge in [-0.1, -0.05) is 15.9 Å². The van der Waals surface area contributed by atoms with Gasteiger partial charge in [0.1, 0.15) is 35.4 Å². The summed E-state index contributed by atoms with van der Waals surface area (Å²) in [6, 6.07) is 14.8. The zero-order valence-electron chi connectivity index (χ0n) is 16.4. The number of thiazole rings is 1. The van der Waals surface area contributed by atoms with Crippen molar-refractivity contribution in [1.29, 1.82) is 5.26 Å². The summed E-state index contributed by atoms with van der Waals surface area (Å²) in [6.07, 6.45) is 1.58. The first-order valence-electron chi connectivity index (χ1n) is 9.57. The first-order chi connectivity index (χ1) is 15.6. The molecule has 1 aliphatic heterocycles. The van der Waals surface area contributed by atoms with E-state index in [0.717, 1.165) is 15.5 Å².